The van der Waals surface area contributed by atoms with Gasteiger partial charge in [-0.2, -0.15) is 5.10 Å². The number of thiophene rings is 1. The van der Waals surface area contributed by atoms with Crippen LogP contribution in [0.5, 0.6) is 0 Å². The summed E-state index contributed by atoms with van der Waals surface area (Å²) in [6.07, 6.45) is 2.45. The van der Waals surface area contributed by atoms with Crippen LogP contribution in [0.2, 0.25) is 0 Å². The first-order chi connectivity index (χ1) is 9.69. The first-order valence-corrected chi connectivity index (χ1v) is 6.92. The zero-order valence-electron chi connectivity index (χ0n) is 10.7. The molecule has 5 heteroatoms. The molecule has 0 unspecified atom stereocenters. The zero-order valence-corrected chi connectivity index (χ0v) is 11.5. The predicted molar refractivity (Wildman–Crippen MR) is 77.0 cm³/mol. The maximum absolute atomic E-state index is 12.9. The quantitative estimate of drug-likeness (QED) is 0.685. The van der Waals surface area contributed by atoms with Crippen LogP contribution in [0, 0.1) is 12.7 Å². The maximum Gasteiger partial charge on any atom is 0.153 e. The van der Waals surface area contributed by atoms with Gasteiger partial charge in [-0.25, -0.2) is 9.07 Å². The van der Waals surface area contributed by atoms with Gasteiger partial charge in [0.25, 0.3) is 0 Å². The Balaban J connectivity index is 2.12. The number of hydrogen-bond acceptors (Lipinski definition) is 3. The van der Waals surface area contributed by atoms with Crippen LogP contribution in [0.15, 0.2) is 41.9 Å². The highest BCUT2D eigenvalue weighted by Crippen LogP contribution is 2.30. The second kappa shape index (κ2) is 5.02. The van der Waals surface area contributed by atoms with Crippen molar-refractivity contribution in [2.24, 2.45) is 0 Å². The van der Waals surface area contributed by atoms with E-state index in [2.05, 4.69) is 5.10 Å². The smallest absolute Gasteiger partial charge is 0.153 e. The molecule has 0 radical (unpaired) electrons. The van der Waals surface area contributed by atoms with Gasteiger partial charge in [0.2, 0.25) is 0 Å². The number of halogens is 1. The van der Waals surface area contributed by atoms with E-state index >= 15 is 0 Å². The van der Waals surface area contributed by atoms with E-state index in [1.165, 1.54) is 12.1 Å². The lowest BCUT2D eigenvalue weighted by atomic mass is 10.2. The number of aldehydes is 1. The van der Waals surface area contributed by atoms with E-state index in [1.807, 2.05) is 18.4 Å². The largest absolute Gasteiger partial charge is 0.298 e. The molecule has 1 aromatic carbocycles. The third-order valence-electron chi connectivity index (χ3n) is 3.04. The molecule has 3 aromatic rings. The molecular formula is C15H11FN2OS. The van der Waals surface area contributed by atoms with Crippen molar-refractivity contribution in [3.8, 4) is 16.3 Å². The van der Waals surface area contributed by atoms with E-state index in [0.29, 0.717) is 11.3 Å². The fourth-order valence-corrected chi connectivity index (χ4v) is 2.92. The third-order valence-corrected chi connectivity index (χ3v) is 4.06. The molecule has 0 saturated heterocycles. The lowest BCUT2D eigenvalue weighted by molar-refractivity contribution is 0.112. The first kappa shape index (κ1) is 12.7. The summed E-state index contributed by atoms with van der Waals surface area (Å²) in [6.45, 7) is 1.98. The van der Waals surface area contributed by atoms with Crippen LogP contribution in [-0.2, 0) is 0 Å². The van der Waals surface area contributed by atoms with Gasteiger partial charge in [0, 0.05) is 6.20 Å². The van der Waals surface area contributed by atoms with Crippen molar-refractivity contribution in [2.45, 2.75) is 6.92 Å². The molecule has 100 valence electrons. The average molecular weight is 286 g/mol. The average Bonchev–Trinajstić information content (AvgIpc) is 3.05. The Morgan fingerprint density at radius 2 is 2.00 bits per heavy atom. The monoisotopic (exact) mass is 286 g/mol. The molecule has 0 bridgehead atoms. The molecule has 0 aliphatic rings. The summed E-state index contributed by atoms with van der Waals surface area (Å²) in [5.41, 5.74) is 2.99. The Kier molecular flexibility index (Phi) is 3.20. The van der Waals surface area contributed by atoms with Gasteiger partial charge in [-0.15, -0.1) is 11.3 Å². The summed E-state index contributed by atoms with van der Waals surface area (Å²) in [5.74, 6) is -0.300. The minimum absolute atomic E-state index is 0.300. The van der Waals surface area contributed by atoms with Crippen molar-refractivity contribution in [2.75, 3.05) is 0 Å². The first-order valence-electron chi connectivity index (χ1n) is 6.04. The molecule has 2 aromatic heterocycles. The van der Waals surface area contributed by atoms with Gasteiger partial charge < -0.3 is 0 Å². The van der Waals surface area contributed by atoms with E-state index in [0.717, 1.165) is 22.4 Å². The molecule has 0 N–H and O–H groups in total. The highest BCUT2D eigenvalue weighted by atomic mass is 32.1. The van der Waals surface area contributed by atoms with Crippen molar-refractivity contribution in [3.05, 3.63) is 58.9 Å². The highest BCUT2D eigenvalue weighted by Gasteiger charge is 2.14. The Hall–Kier alpha value is -2.27. The SMILES string of the molecule is Cc1ccsc1-c1nn(-c2ccc(F)cc2)cc1C=O. The topological polar surface area (TPSA) is 34.9 Å². The van der Waals surface area contributed by atoms with E-state index in [1.54, 1.807) is 34.3 Å². The van der Waals surface area contributed by atoms with Gasteiger partial charge in [-0.3, -0.25) is 4.79 Å². The van der Waals surface area contributed by atoms with Crippen LogP contribution in [0.3, 0.4) is 0 Å². The lowest BCUT2D eigenvalue weighted by Gasteiger charge is -2.00. The molecule has 0 amide bonds. The summed E-state index contributed by atoms with van der Waals surface area (Å²) in [7, 11) is 0. The molecule has 0 atom stereocenters. The van der Waals surface area contributed by atoms with Crippen LogP contribution in [0.25, 0.3) is 16.3 Å². The third kappa shape index (κ3) is 2.16. The van der Waals surface area contributed by atoms with Crippen LogP contribution in [0.4, 0.5) is 4.39 Å². The molecule has 3 rings (SSSR count). The van der Waals surface area contributed by atoms with Crippen molar-refractivity contribution >= 4 is 17.6 Å². The molecular weight excluding hydrogens is 275 g/mol. The normalized spacial score (nSPS) is 10.7. The summed E-state index contributed by atoms with van der Waals surface area (Å²) >= 11 is 1.55. The van der Waals surface area contributed by atoms with Crippen molar-refractivity contribution in [1.29, 1.82) is 0 Å². The van der Waals surface area contributed by atoms with Gasteiger partial charge in [-0.1, -0.05) is 0 Å². The van der Waals surface area contributed by atoms with E-state index in [4.69, 9.17) is 0 Å². The van der Waals surface area contributed by atoms with Crippen molar-refractivity contribution in [1.82, 2.24) is 9.78 Å². The number of carbonyl (C=O) groups is 1. The lowest BCUT2D eigenvalue weighted by Crippen LogP contribution is -1.94. The van der Waals surface area contributed by atoms with E-state index < -0.39 is 0 Å². The summed E-state index contributed by atoms with van der Waals surface area (Å²) in [6, 6.07) is 7.98. The second-order valence-electron chi connectivity index (χ2n) is 4.40. The number of nitrogens with zero attached hydrogens (tertiary/aromatic N) is 2. The number of carbonyl (C=O) groups excluding carboxylic acids is 1. The molecule has 0 spiro atoms. The van der Waals surface area contributed by atoms with Crippen LogP contribution in [-0.4, -0.2) is 16.1 Å². The number of benzene rings is 1. The van der Waals surface area contributed by atoms with E-state index in [-0.39, 0.29) is 5.82 Å². The number of hydrogen-bond donors (Lipinski definition) is 0. The number of aryl methyl sites for hydroxylation is 1. The van der Waals surface area contributed by atoms with E-state index in [9.17, 15) is 9.18 Å². The Bertz CT molecular complexity index is 759. The minimum Gasteiger partial charge on any atom is -0.298 e. The van der Waals surface area contributed by atoms with Crippen LogP contribution < -0.4 is 0 Å². The highest BCUT2D eigenvalue weighted by molar-refractivity contribution is 7.13. The number of aromatic nitrogens is 2. The Labute approximate surface area is 119 Å². The summed E-state index contributed by atoms with van der Waals surface area (Å²) < 4.78 is 14.5. The molecule has 3 nitrogen and oxygen atoms in total. The fourth-order valence-electron chi connectivity index (χ4n) is 1.99. The van der Waals surface area contributed by atoms with Crippen LogP contribution in [0.1, 0.15) is 15.9 Å². The van der Waals surface area contributed by atoms with Gasteiger partial charge in [0.05, 0.1) is 16.1 Å². The molecule has 0 aliphatic carbocycles. The summed E-state index contributed by atoms with van der Waals surface area (Å²) in [4.78, 5) is 12.2. The van der Waals surface area contributed by atoms with Gasteiger partial charge in [-0.05, 0) is 48.2 Å². The van der Waals surface area contributed by atoms with Crippen LogP contribution >= 0.6 is 11.3 Å². The van der Waals surface area contributed by atoms with Gasteiger partial charge >= 0.3 is 0 Å². The molecule has 0 saturated carbocycles. The van der Waals surface area contributed by atoms with Gasteiger partial charge in [0.1, 0.15) is 11.5 Å². The Morgan fingerprint density at radius 3 is 2.60 bits per heavy atom. The number of rotatable bonds is 3. The van der Waals surface area contributed by atoms with Gasteiger partial charge in [0.15, 0.2) is 6.29 Å². The second-order valence-corrected chi connectivity index (χ2v) is 5.32. The standard InChI is InChI=1S/C15H11FN2OS/c1-10-6-7-20-15(10)14-11(9-19)8-18(17-14)13-4-2-12(16)3-5-13/h2-9H,1H3. The molecule has 0 aliphatic heterocycles. The summed E-state index contributed by atoms with van der Waals surface area (Å²) in [5, 5.41) is 6.43. The zero-order chi connectivity index (χ0) is 14.1. The molecule has 0 fully saturated rings. The fraction of sp³-hybridized carbons (Fsp3) is 0.0667. The molecule has 2 heterocycles. The van der Waals surface area contributed by atoms with Crippen molar-refractivity contribution in [3.63, 3.8) is 0 Å². The maximum atomic E-state index is 12.9. The van der Waals surface area contributed by atoms with Crippen molar-refractivity contribution < 1.29 is 9.18 Å². The predicted octanol–water partition coefficient (Wildman–Crippen LogP) is 3.86. The minimum atomic E-state index is -0.300. The Morgan fingerprint density at radius 1 is 1.25 bits per heavy atom. The molecule has 20 heavy (non-hydrogen) atoms.